The van der Waals surface area contributed by atoms with Crippen LogP contribution in [-0.2, 0) is 29.4 Å². The van der Waals surface area contributed by atoms with Crippen LogP contribution in [0.4, 0.5) is 10.1 Å². The van der Waals surface area contributed by atoms with E-state index in [9.17, 15) is 28.7 Å². The lowest BCUT2D eigenvalue weighted by molar-refractivity contribution is -0.141. The number of unbranched alkanes of at least 4 members (excludes halogenated alkanes) is 2. The summed E-state index contributed by atoms with van der Waals surface area (Å²) in [7, 11) is 0. The molecule has 11 nitrogen and oxygen atoms in total. The zero-order chi connectivity index (χ0) is 37.4. The fraction of sp³-hybridized carbons (Fsp3) is 0.375. The van der Waals surface area contributed by atoms with Crippen LogP contribution in [0.5, 0.6) is 5.75 Å². The number of aliphatic hydroxyl groups is 1. The number of carboxylic acid groups (broad SMARTS) is 1. The van der Waals surface area contributed by atoms with Crippen LogP contribution in [0.3, 0.4) is 0 Å². The Balaban J connectivity index is 1.33. The standard InChI is InChI=1S/C40H39ClFN3O8/c41-25-9-7-24(8-10-25)40-32(37(50)45(39(40)52)43-27-13-11-26(42)12-14-27)22-31-29(35(40)23-5-15-28(16-6-23)53-21-20-46)17-18-30-34(31)38(51)44(36(30)49)19-3-1-2-4-33(47)48/h5-17,30-32,34-35,43,46H,1-4,18-22H2,(H,47,48). The van der Waals surface area contributed by atoms with Gasteiger partial charge in [-0.25, -0.2) is 4.39 Å². The van der Waals surface area contributed by atoms with Crippen molar-refractivity contribution in [2.24, 2.45) is 23.7 Å². The van der Waals surface area contributed by atoms with Gasteiger partial charge < -0.3 is 14.9 Å². The van der Waals surface area contributed by atoms with E-state index in [0.29, 0.717) is 46.8 Å². The van der Waals surface area contributed by atoms with Crippen molar-refractivity contribution < 1.29 is 43.3 Å². The number of aliphatic hydroxyl groups excluding tert-OH is 1. The first-order valence-electron chi connectivity index (χ1n) is 17.8. The number of allylic oxidation sites excluding steroid dienone is 2. The average molecular weight is 744 g/mol. The smallest absolute Gasteiger partial charge is 0.303 e. The quantitative estimate of drug-likeness (QED) is 0.117. The van der Waals surface area contributed by atoms with Gasteiger partial charge >= 0.3 is 5.97 Å². The summed E-state index contributed by atoms with van der Waals surface area (Å²) in [5, 5.41) is 19.7. The molecule has 3 aromatic carbocycles. The van der Waals surface area contributed by atoms with Gasteiger partial charge in [-0.1, -0.05) is 53.9 Å². The molecule has 2 aliphatic carbocycles. The first-order valence-corrected chi connectivity index (χ1v) is 18.2. The predicted octanol–water partition coefficient (Wildman–Crippen LogP) is 5.48. The number of imide groups is 2. The zero-order valence-electron chi connectivity index (χ0n) is 28.8. The maximum atomic E-state index is 15.2. The van der Waals surface area contributed by atoms with Crippen LogP contribution in [0.1, 0.15) is 55.6 Å². The summed E-state index contributed by atoms with van der Waals surface area (Å²) in [6.45, 7) is 0.0809. The van der Waals surface area contributed by atoms with Gasteiger partial charge in [0.05, 0.1) is 35.5 Å². The molecule has 0 spiro atoms. The van der Waals surface area contributed by atoms with Gasteiger partial charge in [0.25, 0.3) is 11.8 Å². The van der Waals surface area contributed by atoms with E-state index in [0.717, 1.165) is 10.6 Å². The Hall–Kier alpha value is -5.07. The third-order valence-corrected chi connectivity index (χ3v) is 11.4. The topological polar surface area (TPSA) is 154 Å². The van der Waals surface area contributed by atoms with E-state index >= 15 is 4.79 Å². The molecular weight excluding hydrogens is 705 g/mol. The summed E-state index contributed by atoms with van der Waals surface area (Å²) in [6, 6.07) is 19.2. The molecule has 13 heteroatoms. The van der Waals surface area contributed by atoms with Gasteiger partial charge in [-0.05, 0) is 91.3 Å². The largest absolute Gasteiger partial charge is 0.491 e. The minimum absolute atomic E-state index is 0.00889. The number of ether oxygens (including phenoxy) is 1. The SMILES string of the molecule is O=C(O)CCCCCN1C(=O)C2CC=C3C(CC4C(=O)N(Nc5ccc(F)cc5)C(=O)C4(c4ccc(Cl)cc4)C3c3ccc(OCCO)cc3)C2C1=O. The third-order valence-electron chi connectivity index (χ3n) is 11.2. The van der Waals surface area contributed by atoms with Gasteiger partial charge in [-0.15, -0.1) is 0 Å². The van der Waals surface area contributed by atoms with E-state index in [4.69, 9.17) is 21.4 Å². The molecular formula is C40H39ClFN3O8. The number of hydrogen-bond donors (Lipinski definition) is 3. The minimum atomic E-state index is -1.51. The van der Waals surface area contributed by atoms with E-state index in [1.54, 1.807) is 36.4 Å². The summed E-state index contributed by atoms with van der Waals surface area (Å²) in [6.07, 6.45) is 3.82. The average Bonchev–Trinajstić information content (AvgIpc) is 3.52. The molecule has 2 aliphatic heterocycles. The maximum Gasteiger partial charge on any atom is 0.303 e. The van der Waals surface area contributed by atoms with E-state index in [1.165, 1.54) is 29.2 Å². The van der Waals surface area contributed by atoms with Gasteiger partial charge in [0.15, 0.2) is 0 Å². The summed E-state index contributed by atoms with van der Waals surface area (Å²) < 4.78 is 19.5. The number of amides is 4. The van der Waals surface area contributed by atoms with Crippen molar-refractivity contribution >= 4 is 46.9 Å². The number of halogens is 2. The molecule has 3 N–H and O–H groups in total. The summed E-state index contributed by atoms with van der Waals surface area (Å²) in [5.41, 5.74) is 3.79. The van der Waals surface area contributed by atoms with Gasteiger partial charge in [0, 0.05) is 23.9 Å². The highest BCUT2D eigenvalue weighted by atomic mass is 35.5. The fourth-order valence-corrected chi connectivity index (χ4v) is 9.08. The highest BCUT2D eigenvalue weighted by molar-refractivity contribution is 6.30. The number of fused-ring (bicyclic) bond motifs is 4. The molecule has 2 heterocycles. The van der Waals surface area contributed by atoms with Crippen LogP contribution >= 0.6 is 11.6 Å². The number of carbonyl (C=O) groups excluding carboxylic acids is 4. The molecule has 0 aromatic heterocycles. The second-order valence-corrected chi connectivity index (χ2v) is 14.5. The van der Waals surface area contributed by atoms with Crippen molar-refractivity contribution in [2.45, 2.75) is 49.9 Å². The number of carboxylic acids is 1. The van der Waals surface area contributed by atoms with Crippen LogP contribution in [0.2, 0.25) is 5.02 Å². The second-order valence-electron chi connectivity index (χ2n) is 14.0. The van der Waals surface area contributed by atoms with Crippen molar-refractivity contribution in [3.05, 3.63) is 106 Å². The Labute approximate surface area is 310 Å². The first kappa shape index (κ1) is 36.3. The Kier molecular flexibility index (Phi) is 10.1. The van der Waals surface area contributed by atoms with Gasteiger partial charge in [0.1, 0.15) is 18.2 Å². The number of nitrogens with one attached hydrogen (secondary N) is 1. The molecule has 4 aliphatic rings. The minimum Gasteiger partial charge on any atom is -0.491 e. The highest BCUT2D eigenvalue weighted by Gasteiger charge is 2.70. The maximum absolute atomic E-state index is 15.2. The van der Waals surface area contributed by atoms with Gasteiger partial charge in [0.2, 0.25) is 11.8 Å². The summed E-state index contributed by atoms with van der Waals surface area (Å²) >= 11 is 6.35. The summed E-state index contributed by atoms with van der Waals surface area (Å²) in [4.78, 5) is 70.2. The Morgan fingerprint density at radius 2 is 1.62 bits per heavy atom. The number of hydrogen-bond acceptors (Lipinski definition) is 8. The van der Waals surface area contributed by atoms with E-state index in [-0.39, 0.29) is 50.8 Å². The molecule has 0 bridgehead atoms. The molecule has 276 valence electrons. The highest BCUT2D eigenvalue weighted by Crippen LogP contribution is 2.64. The fourth-order valence-electron chi connectivity index (χ4n) is 8.96. The van der Waals surface area contributed by atoms with Crippen LogP contribution in [0.25, 0.3) is 0 Å². The molecule has 3 fully saturated rings. The molecule has 0 radical (unpaired) electrons. The second kappa shape index (κ2) is 14.7. The molecule has 7 rings (SSSR count). The molecule has 3 aromatic rings. The summed E-state index contributed by atoms with van der Waals surface area (Å²) in [5.74, 6) is -6.20. The third kappa shape index (κ3) is 6.37. The number of anilines is 1. The molecule has 6 unspecified atom stereocenters. The van der Waals surface area contributed by atoms with Crippen molar-refractivity contribution in [1.82, 2.24) is 9.91 Å². The number of likely N-dealkylation sites (tertiary alicyclic amines) is 1. The number of hydrazine groups is 1. The number of rotatable bonds is 13. The van der Waals surface area contributed by atoms with Crippen molar-refractivity contribution in [3.8, 4) is 5.75 Å². The van der Waals surface area contributed by atoms with Crippen molar-refractivity contribution in [2.75, 3.05) is 25.2 Å². The molecule has 53 heavy (non-hydrogen) atoms. The monoisotopic (exact) mass is 743 g/mol. The van der Waals surface area contributed by atoms with E-state index < -0.39 is 58.6 Å². The predicted molar refractivity (Wildman–Crippen MR) is 191 cm³/mol. The Bertz CT molecular complexity index is 1950. The van der Waals surface area contributed by atoms with Crippen LogP contribution < -0.4 is 10.2 Å². The van der Waals surface area contributed by atoms with Crippen LogP contribution in [0.15, 0.2) is 84.4 Å². The molecule has 2 saturated heterocycles. The molecule has 4 amide bonds. The lowest BCUT2D eigenvalue weighted by Crippen LogP contribution is -2.53. The lowest BCUT2D eigenvalue weighted by atomic mass is 9.49. The number of benzene rings is 3. The molecule has 6 atom stereocenters. The van der Waals surface area contributed by atoms with Crippen LogP contribution in [0, 0.1) is 29.5 Å². The zero-order valence-corrected chi connectivity index (χ0v) is 29.5. The van der Waals surface area contributed by atoms with E-state index in [2.05, 4.69) is 5.43 Å². The van der Waals surface area contributed by atoms with Gasteiger partial charge in [-0.3, -0.25) is 34.3 Å². The number of carbonyl (C=O) groups is 5. The first-order chi connectivity index (χ1) is 25.6. The number of aliphatic carboxylic acids is 1. The lowest BCUT2D eigenvalue weighted by Gasteiger charge is -2.50. The number of nitrogens with zero attached hydrogens (tertiary/aromatic N) is 2. The Morgan fingerprint density at radius 3 is 2.30 bits per heavy atom. The van der Waals surface area contributed by atoms with Crippen molar-refractivity contribution in [3.63, 3.8) is 0 Å². The van der Waals surface area contributed by atoms with E-state index in [1.807, 2.05) is 18.2 Å². The Morgan fingerprint density at radius 1 is 0.906 bits per heavy atom. The van der Waals surface area contributed by atoms with Crippen molar-refractivity contribution in [1.29, 1.82) is 0 Å². The van der Waals surface area contributed by atoms with Crippen LogP contribution in [-0.4, -0.2) is 69.5 Å². The van der Waals surface area contributed by atoms with Gasteiger partial charge in [-0.2, -0.15) is 5.01 Å². The normalized spacial score (nSPS) is 26.2. The molecule has 1 saturated carbocycles.